The molecule has 8 heteroatoms. The van der Waals surface area contributed by atoms with Crippen LogP contribution in [0.3, 0.4) is 0 Å². The Morgan fingerprint density at radius 1 is 1.08 bits per heavy atom. The van der Waals surface area contributed by atoms with E-state index in [1.807, 2.05) is 0 Å². The fourth-order valence-electron chi connectivity index (χ4n) is 3.38. The summed E-state index contributed by atoms with van der Waals surface area (Å²) in [5.74, 6) is -2.93. The SMILES string of the molecule is O=C1c2ccccc2C(=O)N1[C@H]1C=C(C(F)(F)F)O[C@@H]2OCC[C@@H]21. The van der Waals surface area contributed by atoms with Gasteiger partial charge in [0.25, 0.3) is 11.8 Å². The number of carbonyl (C=O) groups excluding carboxylic acids is 2. The highest BCUT2D eigenvalue weighted by atomic mass is 19.4. The molecule has 1 fully saturated rings. The van der Waals surface area contributed by atoms with Gasteiger partial charge in [-0.2, -0.15) is 13.2 Å². The van der Waals surface area contributed by atoms with Crippen molar-refractivity contribution in [3.8, 4) is 0 Å². The van der Waals surface area contributed by atoms with E-state index in [2.05, 4.69) is 0 Å². The number of imide groups is 1. The molecule has 3 heterocycles. The van der Waals surface area contributed by atoms with Gasteiger partial charge in [-0.05, 0) is 24.6 Å². The number of alkyl halides is 3. The van der Waals surface area contributed by atoms with Gasteiger partial charge in [0, 0.05) is 5.92 Å². The largest absolute Gasteiger partial charge is 0.460 e. The van der Waals surface area contributed by atoms with Crippen LogP contribution >= 0.6 is 0 Å². The van der Waals surface area contributed by atoms with Gasteiger partial charge in [-0.3, -0.25) is 14.5 Å². The van der Waals surface area contributed by atoms with Crippen LogP contribution in [-0.2, 0) is 9.47 Å². The van der Waals surface area contributed by atoms with Crippen molar-refractivity contribution in [2.24, 2.45) is 5.92 Å². The van der Waals surface area contributed by atoms with Gasteiger partial charge in [0.05, 0.1) is 23.8 Å². The molecule has 0 saturated carbocycles. The first kappa shape index (κ1) is 15.2. The van der Waals surface area contributed by atoms with Crippen LogP contribution in [0.1, 0.15) is 27.1 Å². The number of carbonyl (C=O) groups is 2. The summed E-state index contributed by atoms with van der Waals surface area (Å²) < 4.78 is 49.3. The minimum Gasteiger partial charge on any atom is -0.460 e. The van der Waals surface area contributed by atoms with E-state index < -0.39 is 42.0 Å². The van der Waals surface area contributed by atoms with Crippen LogP contribution in [0.15, 0.2) is 36.1 Å². The number of amides is 2. The molecule has 3 aliphatic heterocycles. The number of benzene rings is 1. The number of rotatable bonds is 1. The molecule has 24 heavy (non-hydrogen) atoms. The van der Waals surface area contributed by atoms with E-state index in [1.165, 1.54) is 12.1 Å². The van der Waals surface area contributed by atoms with Crippen molar-refractivity contribution in [1.29, 1.82) is 0 Å². The molecule has 126 valence electrons. The molecule has 1 aromatic rings. The molecule has 0 spiro atoms. The highest BCUT2D eigenvalue weighted by molar-refractivity contribution is 6.21. The van der Waals surface area contributed by atoms with Crippen LogP contribution in [0.25, 0.3) is 0 Å². The fourth-order valence-corrected chi connectivity index (χ4v) is 3.38. The van der Waals surface area contributed by atoms with Gasteiger partial charge in [0.1, 0.15) is 0 Å². The Labute approximate surface area is 134 Å². The number of ether oxygens (including phenoxy) is 2. The number of hydrogen-bond acceptors (Lipinski definition) is 4. The monoisotopic (exact) mass is 339 g/mol. The van der Waals surface area contributed by atoms with Crippen molar-refractivity contribution in [2.75, 3.05) is 6.61 Å². The molecular formula is C16H12F3NO4. The van der Waals surface area contributed by atoms with Gasteiger partial charge in [0.15, 0.2) is 0 Å². The fraction of sp³-hybridized carbons (Fsp3) is 0.375. The Bertz CT molecular complexity index is 723. The van der Waals surface area contributed by atoms with Crippen molar-refractivity contribution in [3.05, 3.63) is 47.2 Å². The van der Waals surface area contributed by atoms with Gasteiger partial charge in [-0.25, -0.2) is 0 Å². The lowest BCUT2D eigenvalue weighted by atomic mass is 9.93. The van der Waals surface area contributed by atoms with Crippen molar-refractivity contribution < 1.29 is 32.2 Å². The van der Waals surface area contributed by atoms with Crippen LogP contribution in [0, 0.1) is 5.92 Å². The minimum atomic E-state index is -4.71. The van der Waals surface area contributed by atoms with E-state index in [4.69, 9.17) is 9.47 Å². The lowest BCUT2D eigenvalue weighted by Gasteiger charge is -2.36. The molecule has 4 rings (SSSR count). The van der Waals surface area contributed by atoms with Crippen LogP contribution in [-0.4, -0.2) is 41.8 Å². The van der Waals surface area contributed by atoms with E-state index in [1.54, 1.807) is 12.1 Å². The van der Waals surface area contributed by atoms with E-state index in [0.29, 0.717) is 6.42 Å². The van der Waals surface area contributed by atoms with Crippen LogP contribution in [0.5, 0.6) is 0 Å². The Balaban J connectivity index is 1.77. The molecule has 5 nitrogen and oxygen atoms in total. The normalized spacial score (nSPS) is 29.2. The third kappa shape index (κ3) is 2.13. The molecule has 0 N–H and O–H groups in total. The molecule has 1 aromatic carbocycles. The molecule has 2 amide bonds. The van der Waals surface area contributed by atoms with Crippen LogP contribution < -0.4 is 0 Å². The molecule has 0 unspecified atom stereocenters. The average Bonchev–Trinajstić information content (AvgIpc) is 3.10. The first-order valence-corrected chi connectivity index (χ1v) is 7.42. The second-order valence-corrected chi connectivity index (χ2v) is 5.85. The highest BCUT2D eigenvalue weighted by Crippen LogP contribution is 2.41. The quantitative estimate of drug-likeness (QED) is 0.738. The summed E-state index contributed by atoms with van der Waals surface area (Å²) >= 11 is 0. The third-order valence-corrected chi connectivity index (χ3v) is 4.49. The maximum atomic E-state index is 13.1. The Morgan fingerprint density at radius 2 is 1.71 bits per heavy atom. The number of fused-ring (bicyclic) bond motifs is 2. The average molecular weight is 339 g/mol. The summed E-state index contributed by atoms with van der Waals surface area (Å²) in [5.41, 5.74) is 0.401. The maximum absolute atomic E-state index is 13.1. The molecular weight excluding hydrogens is 327 g/mol. The van der Waals surface area contributed by atoms with Gasteiger partial charge in [-0.1, -0.05) is 12.1 Å². The first-order valence-electron chi connectivity index (χ1n) is 7.42. The molecule has 0 aliphatic carbocycles. The summed E-state index contributed by atoms with van der Waals surface area (Å²) in [4.78, 5) is 26.0. The summed E-state index contributed by atoms with van der Waals surface area (Å²) in [7, 11) is 0. The van der Waals surface area contributed by atoms with Gasteiger partial charge >= 0.3 is 6.18 Å². The third-order valence-electron chi connectivity index (χ3n) is 4.49. The molecule has 0 aromatic heterocycles. The van der Waals surface area contributed by atoms with Crippen LogP contribution in [0.4, 0.5) is 13.2 Å². The zero-order valence-corrected chi connectivity index (χ0v) is 12.2. The number of allylic oxidation sites excluding steroid dienone is 1. The second kappa shape index (κ2) is 5.07. The molecule has 0 radical (unpaired) electrons. The van der Waals surface area contributed by atoms with E-state index in [-0.39, 0.29) is 17.7 Å². The lowest BCUT2D eigenvalue weighted by molar-refractivity contribution is -0.192. The van der Waals surface area contributed by atoms with E-state index in [9.17, 15) is 22.8 Å². The number of hydrogen-bond donors (Lipinski definition) is 0. The number of nitrogens with zero attached hydrogens (tertiary/aromatic N) is 1. The van der Waals surface area contributed by atoms with Crippen LogP contribution in [0.2, 0.25) is 0 Å². The van der Waals surface area contributed by atoms with Crippen molar-refractivity contribution in [2.45, 2.75) is 24.9 Å². The second-order valence-electron chi connectivity index (χ2n) is 5.85. The summed E-state index contributed by atoms with van der Waals surface area (Å²) in [6.45, 7) is 0.216. The Kier molecular flexibility index (Phi) is 3.21. The molecule has 3 atom stereocenters. The van der Waals surface area contributed by atoms with Crippen molar-refractivity contribution >= 4 is 11.8 Å². The van der Waals surface area contributed by atoms with Crippen molar-refractivity contribution in [1.82, 2.24) is 4.90 Å². The highest BCUT2D eigenvalue weighted by Gasteiger charge is 2.52. The smallest absolute Gasteiger partial charge is 0.448 e. The molecule has 1 saturated heterocycles. The topological polar surface area (TPSA) is 55.8 Å². The first-order chi connectivity index (χ1) is 11.4. The summed E-state index contributed by atoms with van der Waals surface area (Å²) in [5, 5.41) is 0. The standard InChI is InChI=1S/C16H12F3NO4/c17-16(18,19)12-7-11(10-5-6-23-15(10)24-12)20-13(21)8-3-1-2-4-9(8)14(20)22/h1-4,7,10-11,15H,5-6H2/t10-,11+,15+/m1/s1. The molecule has 3 aliphatic rings. The zero-order valence-electron chi connectivity index (χ0n) is 12.2. The zero-order chi connectivity index (χ0) is 17.1. The summed E-state index contributed by atoms with van der Waals surface area (Å²) in [6, 6.07) is 5.15. The van der Waals surface area contributed by atoms with Crippen molar-refractivity contribution in [3.63, 3.8) is 0 Å². The maximum Gasteiger partial charge on any atom is 0.448 e. The minimum absolute atomic E-state index is 0.200. The number of halogens is 3. The Hall–Kier alpha value is -2.35. The lowest BCUT2D eigenvalue weighted by Crippen LogP contribution is -2.49. The van der Waals surface area contributed by atoms with Gasteiger partial charge in [0.2, 0.25) is 12.0 Å². The van der Waals surface area contributed by atoms with E-state index in [0.717, 1.165) is 11.0 Å². The molecule has 0 bridgehead atoms. The predicted octanol–water partition coefficient (Wildman–Crippen LogP) is 2.49. The van der Waals surface area contributed by atoms with E-state index >= 15 is 0 Å². The predicted molar refractivity (Wildman–Crippen MR) is 73.8 cm³/mol. The summed E-state index contributed by atoms with van der Waals surface area (Å²) in [6.07, 6.45) is -4.60. The Morgan fingerprint density at radius 3 is 2.29 bits per heavy atom. The van der Waals surface area contributed by atoms with Gasteiger partial charge in [-0.15, -0.1) is 0 Å². The van der Waals surface area contributed by atoms with Gasteiger partial charge < -0.3 is 9.47 Å².